The molecule has 0 saturated carbocycles. The number of hydrogen-bond donors (Lipinski definition) is 9. The molecule has 3 aliphatic heterocycles. The molecular weight excluding hydrogens is 1210 g/mol. The van der Waals surface area contributed by atoms with Crippen molar-refractivity contribution < 1.29 is 52.7 Å². The standard InChI is InChI=1S/C59H77IN14O11/c1-4-27-73(31-23-60)57(82)42-32-40-13-14-41(33-46(40)69-47(61)34-42)54(79)68-44-17-18-48(66-35-44)72-29-21-39(22-30-72)53(78)63-25-26-65-59(84)85-36-38-11-15-43(16-12-38)67-55(80)45(9-8-24-64-58(62)83)70-56(81)52(37(2)3)71-49(75)10-6-5-7-28-74-50(76)19-20-51(74)77/h11-20,32-33,35,37,39,45,52H,4-10,21-31,34,36H2,1-3H3,(H2,61,69)(H,63,78)(H,65,84)(H,67,80)(H,68,79)(H,70,81)(H,71,75)(H3,62,64,83)/t45-,52-/m0/s1. The summed E-state index contributed by atoms with van der Waals surface area (Å²) >= 11 is 2.26. The van der Waals surface area contributed by atoms with Crippen molar-refractivity contribution in [2.24, 2.45) is 28.3 Å². The largest absolute Gasteiger partial charge is 0.445 e. The van der Waals surface area contributed by atoms with Crippen LogP contribution in [-0.4, -0.2) is 149 Å². The van der Waals surface area contributed by atoms with Gasteiger partial charge in [-0.05, 0) is 98.9 Å². The first kappa shape index (κ1) is 65.7. The predicted molar refractivity (Wildman–Crippen MR) is 329 cm³/mol. The Bertz CT molecular complexity index is 2960. The lowest BCUT2D eigenvalue weighted by molar-refractivity contribution is -0.137. The number of amides is 11. The smallest absolute Gasteiger partial charge is 0.407 e. The van der Waals surface area contributed by atoms with Gasteiger partial charge in [0.15, 0.2) is 0 Å². The molecule has 1 saturated heterocycles. The van der Waals surface area contributed by atoms with Gasteiger partial charge in [-0.2, -0.15) is 0 Å². The first-order valence-electron chi connectivity index (χ1n) is 28.6. The second-order valence-corrected chi connectivity index (χ2v) is 22.1. The minimum Gasteiger partial charge on any atom is -0.445 e. The number of primary amides is 1. The molecule has 0 radical (unpaired) electrons. The molecule has 3 aromatic rings. The van der Waals surface area contributed by atoms with Crippen molar-refractivity contribution in [1.29, 1.82) is 0 Å². The number of piperidine rings is 1. The van der Waals surface area contributed by atoms with Gasteiger partial charge in [0.1, 0.15) is 30.3 Å². The third-order valence-electron chi connectivity index (χ3n) is 14.2. The summed E-state index contributed by atoms with van der Waals surface area (Å²) in [6.45, 7) is 8.62. The summed E-state index contributed by atoms with van der Waals surface area (Å²) in [5.41, 5.74) is 15.1. The summed E-state index contributed by atoms with van der Waals surface area (Å²) in [4.78, 5) is 141. The van der Waals surface area contributed by atoms with Gasteiger partial charge in [-0.25, -0.2) is 19.6 Å². The molecule has 6 rings (SSSR count). The summed E-state index contributed by atoms with van der Waals surface area (Å²) in [7, 11) is 0. The van der Waals surface area contributed by atoms with Crippen LogP contribution in [0.4, 0.5) is 32.5 Å². The van der Waals surface area contributed by atoms with Gasteiger partial charge in [-0.3, -0.25) is 43.3 Å². The number of amidine groups is 1. The SMILES string of the molecule is CCCN(CCI)C(=O)C1=Cc2ccc(C(=O)Nc3ccc(N4CCC(C(=O)NCCNC(=O)OCc5ccc(NC(=O)[C@H](CCCNC(N)=O)NC(=O)[C@@H](NC(=O)CCCCCN6C(=O)C=CC6=O)C(C)C)cc5)CC4)nc3)cc2N=C(N)C1. The number of benzene rings is 2. The van der Waals surface area contributed by atoms with Crippen LogP contribution in [0.1, 0.15) is 106 Å². The molecule has 4 heterocycles. The number of carbonyl (C=O) groups excluding carboxylic acids is 10. The van der Waals surface area contributed by atoms with Crippen LogP contribution in [-0.2, 0) is 44.9 Å². The fourth-order valence-electron chi connectivity index (χ4n) is 9.60. The molecular formula is C59H77IN14O11. The molecule has 0 aliphatic carbocycles. The monoisotopic (exact) mass is 1280 g/mol. The van der Waals surface area contributed by atoms with Crippen LogP contribution in [0.2, 0.25) is 0 Å². The maximum Gasteiger partial charge on any atom is 0.407 e. The topological polar surface area (TPSA) is 351 Å². The number of urea groups is 1. The van der Waals surface area contributed by atoms with E-state index >= 15 is 0 Å². The van der Waals surface area contributed by atoms with Gasteiger partial charge in [-0.1, -0.05) is 68.0 Å². The Morgan fingerprint density at radius 1 is 0.812 bits per heavy atom. The molecule has 85 heavy (non-hydrogen) atoms. The number of rotatable bonds is 30. The highest BCUT2D eigenvalue weighted by molar-refractivity contribution is 14.1. The third-order valence-corrected chi connectivity index (χ3v) is 14.7. The summed E-state index contributed by atoms with van der Waals surface area (Å²) in [5.74, 6) is -2.36. The molecule has 3 aliphatic rings. The average Bonchev–Trinajstić information content (AvgIpc) is 4.03. The van der Waals surface area contributed by atoms with Crippen LogP contribution in [0, 0.1) is 11.8 Å². The fourth-order valence-corrected chi connectivity index (χ4v) is 10.2. The summed E-state index contributed by atoms with van der Waals surface area (Å²) in [6.07, 6.45) is 9.42. The number of aliphatic imine (C=N–C) groups is 1. The molecule has 456 valence electrons. The lowest BCUT2D eigenvalue weighted by Gasteiger charge is -2.32. The number of carbonyl (C=O) groups is 10. The number of unbranched alkanes of at least 4 members (excludes halogenated alkanes) is 2. The minimum atomic E-state index is -1.06. The van der Waals surface area contributed by atoms with Crippen molar-refractivity contribution >= 4 is 117 Å². The van der Waals surface area contributed by atoms with Gasteiger partial charge in [0, 0.05) is 110 Å². The zero-order chi connectivity index (χ0) is 61.4. The zero-order valence-electron chi connectivity index (χ0n) is 48.2. The number of imide groups is 1. The van der Waals surface area contributed by atoms with E-state index in [-0.39, 0.29) is 112 Å². The maximum atomic E-state index is 13.6. The summed E-state index contributed by atoms with van der Waals surface area (Å²) < 4.78 is 6.17. The van der Waals surface area contributed by atoms with E-state index in [0.717, 1.165) is 15.7 Å². The Hall–Kier alpha value is -8.43. The number of pyridine rings is 1. The second-order valence-electron chi connectivity index (χ2n) is 21.1. The summed E-state index contributed by atoms with van der Waals surface area (Å²) in [6, 6.07) is 12.4. The highest BCUT2D eigenvalue weighted by Crippen LogP contribution is 2.30. The number of alkyl halides is 1. The van der Waals surface area contributed by atoms with E-state index in [0.29, 0.717) is 103 Å². The van der Waals surface area contributed by atoms with Gasteiger partial charge in [0.2, 0.25) is 29.5 Å². The van der Waals surface area contributed by atoms with Crippen molar-refractivity contribution in [1.82, 2.24) is 41.4 Å². The van der Waals surface area contributed by atoms with E-state index in [2.05, 4.69) is 74.7 Å². The number of alkyl carbamates (subject to hydrolysis) is 1. The minimum absolute atomic E-state index is 0.0696. The van der Waals surface area contributed by atoms with Crippen LogP contribution >= 0.6 is 22.6 Å². The number of nitrogens with two attached hydrogens (primary N) is 2. The molecule has 0 spiro atoms. The zero-order valence-corrected chi connectivity index (χ0v) is 50.4. The van der Waals surface area contributed by atoms with Gasteiger partial charge >= 0.3 is 12.1 Å². The summed E-state index contributed by atoms with van der Waals surface area (Å²) in [5, 5.41) is 19.2. The van der Waals surface area contributed by atoms with Gasteiger partial charge in [-0.15, -0.1) is 0 Å². The van der Waals surface area contributed by atoms with E-state index in [1.54, 1.807) is 74.7 Å². The second kappa shape index (κ2) is 33.2. The first-order chi connectivity index (χ1) is 40.8. The third kappa shape index (κ3) is 20.7. The van der Waals surface area contributed by atoms with Crippen LogP contribution in [0.5, 0.6) is 0 Å². The number of aromatic nitrogens is 1. The number of ether oxygens (including phenoxy) is 1. The Balaban J connectivity index is 0.874. The lowest BCUT2D eigenvalue weighted by Crippen LogP contribution is -2.54. The number of halogens is 1. The molecule has 1 fully saturated rings. The first-order valence-corrected chi connectivity index (χ1v) is 30.1. The Morgan fingerprint density at radius 3 is 2.20 bits per heavy atom. The number of anilines is 3. The van der Waals surface area contributed by atoms with Gasteiger partial charge in [0.25, 0.3) is 17.7 Å². The van der Waals surface area contributed by atoms with E-state index in [1.807, 2.05) is 17.9 Å². The Labute approximate surface area is 507 Å². The van der Waals surface area contributed by atoms with Crippen LogP contribution in [0.15, 0.2) is 83.5 Å². The predicted octanol–water partition coefficient (Wildman–Crippen LogP) is 4.54. The highest BCUT2D eigenvalue weighted by Gasteiger charge is 2.30. The molecule has 0 bridgehead atoms. The van der Waals surface area contributed by atoms with E-state index in [4.69, 9.17) is 16.2 Å². The van der Waals surface area contributed by atoms with Crippen molar-refractivity contribution in [3.8, 4) is 0 Å². The van der Waals surface area contributed by atoms with Crippen molar-refractivity contribution in [3.63, 3.8) is 0 Å². The molecule has 26 heteroatoms. The normalized spacial score (nSPS) is 14.6. The van der Waals surface area contributed by atoms with E-state index in [1.165, 1.54) is 12.2 Å². The Morgan fingerprint density at radius 2 is 1.53 bits per heavy atom. The molecule has 11 amide bonds. The van der Waals surface area contributed by atoms with Crippen LogP contribution in [0.3, 0.4) is 0 Å². The molecule has 2 atom stereocenters. The molecule has 1 aromatic heterocycles. The lowest BCUT2D eigenvalue weighted by atomic mass is 9.96. The molecule has 0 unspecified atom stereocenters. The van der Waals surface area contributed by atoms with Crippen LogP contribution in [0.25, 0.3) is 6.08 Å². The molecule has 25 nitrogen and oxygen atoms in total. The van der Waals surface area contributed by atoms with Gasteiger partial charge in [0.05, 0.1) is 17.6 Å². The maximum absolute atomic E-state index is 13.6. The van der Waals surface area contributed by atoms with Crippen molar-refractivity contribution in [2.75, 3.05) is 72.3 Å². The molecule has 2 aromatic carbocycles. The number of nitrogens with one attached hydrogen (secondary N) is 7. The highest BCUT2D eigenvalue weighted by atomic mass is 127. The molecule has 11 N–H and O–H groups in total. The number of nitrogens with zero attached hydrogens (tertiary/aromatic N) is 5. The number of hydrogen-bond acceptors (Lipinski definition) is 15. The van der Waals surface area contributed by atoms with Crippen LogP contribution < -0.4 is 53.6 Å². The Kier molecular flexibility index (Phi) is 25.6. The van der Waals surface area contributed by atoms with E-state index < -0.39 is 36.0 Å². The fraction of sp³-hybridized carbons (Fsp3) is 0.458. The quantitative estimate of drug-likeness (QED) is 0.0192. The van der Waals surface area contributed by atoms with E-state index in [9.17, 15) is 47.9 Å². The average molecular weight is 1290 g/mol. The van der Waals surface area contributed by atoms with Crippen molar-refractivity contribution in [3.05, 3.63) is 95.2 Å². The van der Waals surface area contributed by atoms with Gasteiger partial charge < -0.3 is 63.2 Å². The van der Waals surface area contributed by atoms with Crippen molar-refractivity contribution in [2.45, 2.75) is 104 Å². The number of fused-ring (bicyclic) bond motifs is 1.